The van der Waals surface area contributed by atoms with E-state index in [1.165, 1.54) is 4.90 Å². The van der Waals surface area contributed by atoms with Gasteiger partial charge in [-0.1, -0.05) is 46.0 Å². The van der Waals surface area contributed by atoms with E-state index in [1.807, 2.05) is 24.3 Å². The number of hydrogen-bond donors (Lipinski definition) is 0. The average molecular weight is 340 g/mol. The maximum atomic E-state index is 12.1. The second-order valence-electron chi connectivity index (χ2n) is 4.55. The molecule has 0 saturated carbocycles. The lowest BCUT2D eigenvalue weighted by Gasteiger charge is -2.08. The Morgan fingerprint density at radius 2 is 1.62 bits per heavy atom. The van der Waals surface area contributed by atoms with Crippen LogP contribution in [0.1, 0.15) is 26.3 Å². The lowest BCUT2D eigenvalue weighted by Crippen LogP contribution is -2.29. The summed E-state index contributed by atoms with van der Waals surface area (Å²) < 4.78 is 0.940. The molecule has 2 amide bonds. The topological polar surface area (TPSA) is 37.4 Å². The summed E-state index contributed by atoms with van der Waals surface area (Å²) in [4.78, 5) is 25.4. The van der Waals surface area contributed by atoms with Gasteiger partial charge in [-0.15, -0.1) is 0 Å². The third-order valence-electron chi connectivity index (χ3n) is 3.17. The first-order valence-corrected chi connectivity index (χ1v) is 7.16. The molecule has 0 N–H and O–H groups in total. The van der Waals surface area contributed by atoms with E-state index in [1.54, 1.807) is 24.3 Å². The highest BCUT2D eigenvalue weighted by Gasteiger charge is 2.34. The van der Waals surface area contributed by atoms with E-state index >= 15 is 0 Å². The van der Waals surface area contributed by atoms with E-state index in [0.717, 1.165) is 10.0 Å². The Morgan fingerprint density at radius 3 is 2.24 bits per heavy atom. The van der Waals surface area contributed by atoms with Crippen LogP contribution in [0.25, 0.3) is 0 Å². The van der Waals surface area contributed by atoms with Gasteiger partial charge in [0, 0.05) is 10.0 Å². The van der Waals surface area contributed by atoms with Crippen molar-refractivity contribution in [2.24, 2.45) is 0 Å². The molecule has 0 fully saturated rings. The fourth-order valence-electron chi connectivity index (χ4n) is 2.17. The van der Waals surface area contributed by atoms with Gasteiger partial charge >= 0.3 is 0 Å². The van der Waals surface area contributed by atoms with Crippen molar-refractivity contribution in [3.63, 3.8) is 0 Å². The third-order valence-corrected chi connectivity index (χ3v) is 3.67. The smallest absolute Gasteiger partial charge is 0.262 e. The van der Waals surface area contributed by atoms with Gasteiger partial charge in [0.05, 0.1) is 17.7 Å². The maximum Gasteiger partial charge on any atom is 0.262 e. The van der Waals surface area contributed by atoms with Crippen LogP contribution in [0.15, 0.2) is 53.0 Å². The zero-order chi connectivity index (χ0) is 14.8. The Kier molecular flexibility index (Phi) is 3.59. The molecule has 1 aliphatic rings. The maximum absolute atomic E-state index is 12.1. The van der Waals surface area contributed by atoms with Crippen LogP contribution in [-0.2, 0) is 0 Å². The number of imide groups is 1. The molecule has 2 aromatic carbocycles. The van der Waals surface area contributed by atoms with Crippen LogP contribution < -0.4 is 0 Å². The van der Waals surface area contributed by atoms with Gasteiger partial charge in [-0.05, 0) is 30.3 Å². The van der Waals surface area contributed by atoms with Gasteiger partial charge in [0.25, 0.3) is 11.8 Å². The quantitative estimate of drug-likeness (QED) is 0.591. The molecule has 0 bridgehead atoms. The highest BCUT2D eigenvalue weighted by molar-refractivity contribution is 9.10. The minimum atomic E-state index is -0.279. The summed E-state index contributed by atoms with van der Waals surface area (Å²) in [5.74, 6) is 5.28. The lowest BCUT2D eigenvalue weighted by molar-refractivity contribution is 0.0675. The molecule has 0 atom stereocenters. The second kappa shape index (κ2) is 5.55. The monoisotopic (exact) mass is 339 g/mol. The molecule has 1 aliphatic heterocycles. The number of hydrogen-bond acceptors (Lipinski definition) is 2. The summed E-state index contributed by atoms with van der Waals surface area (Å²) in [5.41, 5.74) is 1.74. The summed E-state index contributed by atoms with van der Waals surface area (Å²) in [5, 5.41) is 0. The fraction of sp³-hybridized carbons (Fsp3) is 0.0588. The summed E-state index contributed by atoms with van der Waals surface area (Å²) in [6.45, 7) is 0.0961. The number of rotatable bonds is 1. The zero-order valence-electron chi connectivity index (χ0n) is 11.0. The molecule has 0 aromatic heterocycles. The molecule has 0 spiro atoms. The van der Waals surface area contributed by atoms with Crippen LogP contribution in [0.3, 0.4) is 0 Å². The number of amides is 2. The summed E-state index contributed by atoms with van der Waals surface area (Å²) in [6, 6.07) is 14.4. The molecule has 3 nitrogen and oxygen atoms in total. The van der Waals surface area contributed by atoms with Crippen LogP contribution in [0.4, 0.5) is 0 Å². The summed E-state index contributed by atoms with van der Waals surface area (Å²) in [6.07, 6.45) is 0. The number of halogens is 1. The van der Waals surface area contributed by atoms with Gasteiger partial charge in [0.15, 0.2) is 0 Å². The molecule has 0 saturated heterocycles. The number of fused-ring (bicyclic) bond motifs is 1. The lowest BCUT2D eigenvalue weighted by atomic mass is 10.1. The molecule has 0 unspecified atom stereocenters. The predicted molar refractivity (Wildman–Crippen MR) is 82.8 cm³/mol. The van der Waals surface area contributed by atoms with Gasteiger partial charge < -0.3 is 0 Å². The molecule has 102 valence electrons. The number of carbonyl (C=O) groups excluding carboxylic acids is 2. The first kappa shape index (κ1) is 13.6. The van der Waals surface area contributed by atoms with Gasteiger partial charge in [0.2, 0.25) is 0 Å². The van der Waals surface area contributed by atoms with Crippen LogP contribution in [-0.4, -0.2) is 23.3 Å². The normalized spacial score (nSPS) is 12.9. The minimum absolute atomic E-state index is 0.0961. The molecule has 21 heavy (non-hydrogen) atoms. The van der Waals surface area contributed by atoms with Crippen molar-refractivity contribution in [2.75, 3.05) is 6.54 Å². The van der Waals surface area contributed by atoms with E-state index in [9.17, 15) is 9.59 Å². The van der Waals surface area contributed by atoms with Crippen molar-refractivity contribution in [2.45, 2.75) is 0 Å². The number of nitrogens with zero attached hydrogens (tertiary/aromatic N) is 1. The van der Waals surface area contributed by atoms with Crippen LogP contribution in [0.5, 0.6) is 0 Å². The first-order valence-electron chi connectivity index (χ1n) is 6.36. The Labute approximate surface area is 130 Å². The molecule has 2 aromatic rings. The first-order chi connectivity index (χ1) is 10.2. The van der Waals surface area contributed by atoms with E-state index in [2.05, 4.69) is 27.8 Å². The molecular formula is C17H10BrNO2. The molecule has 0 aliphatic carbocycles. The Balaban J connectivity index is 1.79. The molecule has 1 heterocycles. The van der Waals surface area contributed by atoms with E-state index in [0.29, 0.717) is 11.1 Å². The third kappa shape index (κ3) is 2.61. The van der Waals surface area contributed by atoms with Crippen LogP contribution >= 0.6 is 15.9 Å². The summed E-state index contributed by atoms with van der Waals surface area (Å²) >= 11 is 3.37. The van der Waals surface area contributed by atoms with Crippen molar-refractivity contribution < 1.29 is 9.59 Å². The second-order valence-corrected chi connectivity index (χ2v) is 5.47. The van der Waals surface area contributed by atoms with Crippen molar-refractivity contribution in [3.8, 4) is 11.8 Å². The number of carbonyl (C=O) groups is 2. The predicted octanol–water partition coefficient (Wildman–Crippen LogP) is 3.10. The van der Waals surface area contributed by atoms with Gasteiger partial charge in [-0.2, -0.15) is 0 Å². The van der Waals surface area contributed by atoms with Crippen LogP contribution in [0, 0.1) is 11.8 Å². The highest BCUT2D eigenvalue weighted by Crippen LogP contribution is 2.21. The van der Waals surface area contributed by atoms with Gasteiger partial charge in [-0.25, -0.2) is 0 Å². The fourth-order valence-corrected chi connectivity index (χ4v) is 2.57. The van der Waals surface area contributed by atoms with Crippen molar-refractivity contribution in [3.05, 3.63) is 69.7 Å². The Bertz CT molecular complexity index is 767. The van der Waals surface area contributed by atoms with Gasteiger partial charge in [0.1, 0.15) is 0 Å². The highest BCUT2D eigenvalue weighted by atomic mass is 79.9. The van der Waals surface area contributed by atoms with Gasteiger partial charge in [-0.3, -0.25) is 14.5 Å². The Morgan fingerprint density at radius 1 is 0.952 bits per heavy atom. The minimum Gasteiger partial charge on any atom is -0.269 e. The van der Waals surface area contributed by atoms with Crippen molar-refractivity contribution in [1.82, 2.24) is 4.90 Å². The van der Waals surface area contributed by atoms with E-state index in [-0.39, 0.29) is 18.4 Å². The number of benzene rings is 2. The van der Waals surface area contributed by atoms with Crippen molar-refractivity contribution >= 4 is 27.7 Å². The SMILES string of the molecule is O=C1c2ccccc2C(=O)N1CC#Cc1cccc(Br)c1. The Hall–Kier alpha value is -2.38. The van der Waals surface area contributed by atoms with E-state index < -0.39 is 0 Å². The zero-order valence-corrected chi connectivity index (χ0v) is 12.6. The van der Waals surface area contributed by atoms with Crippen LogP contribution in [0.2, 0.25) is 0 Å². The van der Waals surface area contributed by atoms with Crippen molar-refractivity contribution in [1.29, 1.82) is 0 Å². The average Bonchev–Trinajstić information content (AvgIpc) is 2.73. The largest absolute Gasteiger partial charge is 0.269 e. The standard InChI is InChI=1S/C17H10BrNO2/c18-13-7-3-5-12(11-13)6-4-10-19-16(20)14-8-1-2-9-15(14)17(19)21/h1-3,5,7-9,11H,10H2. The molecule has 3 rings (SSSR count). The van der Waals surface area contributed by atoms with E-state index in [4.69, 9.17) is 0 Å². The molecule has 4 heteroatoms. The molecular weight excluding hydrogens is 330 g/mol. The molecule has 0 radical (unpaired) electrons. The summed E-state index contributed by atoms with van der Waals surface area (Å²) in [7, 11) is 0.